The molecule has 1 aromatic carbocycles. The van der Waals surface area contributed by atoms with Gasteiger partial charge in [0.25, 0.3) is 0 Å². The molecular weight excluding hydrogens is 424 g/mol. The number of aromatic amines is 1. The number of benzene rings is 1. The Morgan fingerprint density at radius 1 is 1.18 bits per heavy atom. The minimum atomic E-state index is 0.232. The molecule has 0 saturated carbocycles. The third kappa shape index (κ3) is 4.09. The van der Waals surface area contributed by atoms with E-state index >= 15 is 0 Å². The second kappa shape index (κ2) is 8.87. The van der Waals surface area contributed by atoms with Crippen LogP contribution in [0.5, 0.6) is 0 Å². The fourth-order valence-corrected chi connectivity index (χ4v) is 5.32. The number of nitrogens with one attached hydrogen (secondary N) is 1. The van der Waals surface area contributed by atoms with Crippen LogP contribution in [0, 0.1) is 0 Å². The number of fused-ring (bicyclic) bond motifs is 2. The molecule has 1 amide bonds. The molecule has 3 aromatic heterocycles. The Bertz CT molecular complexity index is 1340. The van der Waals surface area contributed by atoms with Crippen molar-refractivity contribution in [3.8, 4) is 11.3 Å². The summed E-state index contributed by atoms with van der Waals surface area (Å²) in [6.45, 7) is 6.66. The van der Waals surface area contributed by atoms with Gasteiger partial charge in [-0.2, -0.15) is 5.10 Å². The standard InChI is InChI=1S/C27H34N6O/c1-17(2)25-22-13-19(18-8-10-33(11-9-18)24(34)16-31(3)4)6-7-23(22)30-26(25)20-12-21-15-29-32(5)27(21)28-14-20/h6-7,12-15,17-18,30H,8-11,16H2,1-5H3. The molecule has 34 heavy (non-hydrogen) atoms. The summed E-state index contributed by atoms with van der Waals surface area (Å²) in [5, 5.41) is 6.68. The first-order chi connectivity index (χ1) is 16.3. The Morgan fingerprint density at radius 2 is 1.94 bits per heavy atom. The second-order valence-electron chi connectivity index (χ2n) is 10.2. The largest absolute Gasteiger partial charge is 0.354 e. The first kappa shape index (κ1) is 22.6. The van der Waals surface area contributed by atoms with Crippen LogP contribution in [0.15, 0.2) is 36.7 Å². The quantitative estimate of drug-likeness (QED) is 0.478. The number of hydrogen-bond donors (Lipinski definition) is 1. The van der Waals surface area contributed by atoms with Crippen LogP contribution in [0.1, 0.15) is 49.7 Å². The van der Waals surface area contributed by atoms with E-state index in [4.69, 9.17) is 0 Å². The lowest BCUT2D eigenvalue weighted by atomic mass is 9.87. The predicted molar refractivity (Wildman–Crippen MR) is 137 cm³/mol. The van der Waals surface area contributed by atoms with Crippen molar-refractivity contribution in [1.29, 1.82) is 0 Å². The van der Waals surface area contributed by atoms with Gasteiger partial charge in [0, 0.05) is 48.2 Å². The number of aryl methyl sites for hydroxylation is 1. The van der Waals surface area contributed by atoms with Gasteiger partial charge in [-0.3, -0.25) is 9.48 Å². The summed E-state index contributed by atoms with van der Waals surface area (Å²) in [7, 11) is 5.81. The van der Waals surface area contributed by atoms with Gasteiger partial charge in [0.05, 0.1) is 18.4 Å². The number of rotatable bonds is 5. The Labute approximate surface area is 200 Å². The van der Waals surface area contributed by atoms with Gasteiger partial charge in [-0.25, -0.2) is 4.98 Å². The van der Waals surface area contributed by atoms with Crippen molar-refractivity contribution in [1.82, 2.24) is 29.5 Å². The van der Waals surface area contributed by atoms with Crippen molar-refractivity contribution in [2.75, 3.05) is 33.7 Å². The minimum absolute atomic E-state index is 0.232. The molecule has 1 fully saturated rings. The van der Waals surface area contributed by atoms with Gasteiger partial charge in [0.15, 0.2) is 5.65 Å². The number of aromatic nitrogens is 4. The summed E-state index contributed by atoms with van der Waals surface area (Å²) in [6, 6.07) is 9.03. The molecule has 4 aromatic rings. The van der Waals surface area contributed by atoms with Crippen LogP contribution in [0.25, 0.3) is 33.2 Å². The van der Waals surface area contributed by atoms with Gasteiger partial charge >= 0.3 is 0 Å². The molecule has 5 rings (SSSR count). The zero-order valence-corrected chi connectivity index (χ0v) is 20.8. The van der Waals surface area contributed by atoms with Crippen molar-refractivity contribution in [3.63, 3.8) is 0 Å². The van der Waals surface area contributed by atoms with Gasteiger partial charge in [0.2, 0.25) is 5.91 Å². The van der Waals surface area contributed by atoms with Crippen LogP contribution in [-0.2, 0) is 11.8 Å². The Kier molecular flexibility index (Phi) is 5.90. The fourth-order valence-electron chi connectivity index (χ4n) is 5.32. The maximum Gasteiger partial charge on any atom is 0.236 e. The van der Waals surface area contributed by atoms with E-state index in [1.807, 2.05) is 43.3 Å². The predicted octanol–water partition coefficient (Wildman–Crippen LogP) is 4.51. The lowest BCUT2D eigenvalue weighted by Gasteiger charge is -2.33. The van der Waals surface area contributed by atoms with E-state index in [1.165, 1.54) is 16.5 Å². The molecule has 0 aliphatic carbocycles. The van der Waals surface area contributed by atoms with Crippen molar-refractivity contribution in [2.24, 2.45) is 7.05 Å². The highest BCUT2D eigenvalue weighted by atomic mass is 16.2. The number of amides is 1. The van der Waals surface area contributed by atoms with Crippen molar-refractivity contribution < 1.29 is 4.79 Å². The highest BCUT2D eigenvalue weighted by Crippen LogP contribution is 2.38. The molecule has 178 valence electrons. The van der Waals surface area contributed by atoms with Crippen molar-refractivity contribution in [2.45, 2.75) is 38.5 Å². The summed E-state index contributed by atoms with van der Waals surface area (Å²) < 4.78 is 1.80. The Balaban J connectivity index is 1.45. The molecule has 0 radical (unpaired) electrons. The number of carbonyl (C=O) groups excluding carboxylic acids is 1. The van der Waals surface area contributed by atoms with Crippen LogP contribution >= 0.6 is 0 Å². The topological polar surface area (TPSA) is 70.0 Å². The third-order valence-electron chi connectivity index (χ3n) is 7.07. The molecule has 0 atom stereocenters. The molecule has 0 unspecified atom stereocenters. The Morgan fingerprint density at radius 3 is 2.65 bits per heavy atom. The monoisotopic (exact) mass is 458 g/mol. The molecule has 1 N–H and O–H groups in total. The SMILES string of the molecule is CC(C)c1c(-c2cnc3c(cnn3C)c2)[nH]c2ccc(C3CCN(C(=O)CN(C)C)CC3)cc12. The number of hydrogen-bond acceptors (Lipinski definition) is 4. The zero-order valence-electron chi connectivity index (χ0n) is 20.8. The van der Waals surface area contributed by atoms with Crippen molar-refractivity contribution in [3.05, 3.63) is 47.8 Å². The molecule has 7 heteroatoms. The van der Waals surface area contributed by atoms with Crippen molar-refractivity contribution >= 4 is 27.8 Å². The van der Waals surface area contributed by atoms with Gasteiger partial charge < -0.3 is 14.8 Å². The summed E-state index contributed by atoms with van der Waals surface area (Å²) in [4.78, 5) is 24.7. The molecular formula is C27H34N6O. The van der Waals surface area contributed by atoms with Gasteiger partial charge in [0.1, 0.15) is 0 Å². The number of H-pyrrole nitrogens is 1. The fraction of sp³-hybridized carbons (Fsp3) is 0.444. The molecule has 4 heterocycles. The molecule has 0 bridgehead atoms. The van der Waals surface area contributed by atoms with E-state index in [0.29, 0.717) is 18.4 Å². The van der Waals surface area contributed by atoms with Gasteiger partial charge in [-0.05, 0) is 68.1 Å². The number of piperidine rings is 1. The van der Waals surface area contributed by atoms with Gasteiger partial charge in [-0.15, -0.1) is 0 Å². The maximum absolute atomic E-state index is 12.4. The average Bonchev–Trinajstić information content (AvgIpc) is 3.38. The normalized spacial score (nSPS) is 15.3. The first-order valence-corrected chi connectivity index (χ1v) is 12.2. The van der Waals surface area contributed by atoms with E-state index in [9.17, 15) is 4.79 Å². The average molecular weight is 459 g/mol. The minimum Gasteiger partial charge on any atom is -0.354 e. The number of likely N-dealkylation sites (tertiary alicyclic amines) is 1. The molecule has 7 nitrogen and oxygen atoms in total. The third-order valence-corrected chi connectivity index (χ3v) is 7.07. The van der Waals surface area contributed by atoms with E-state index in [1.54, 1.807) is 4.68 Å². The highest BCUT2D eigenvalue weighted by molar-refractivity contribution is 5.93. The smallest absolute Gasteiger partial charge is 0.236 e. The Hall–Kier alpha value is -3.19. The maximum atomic E-state index is 12.4. The van der Waals surface area contributed by atoms with E-state index in [0.717, 1.165) is 53.7 Å². The van der Waals surface area contributed by atoms with Gasteiger partial charge in [-0.1, -0.05) is 19.9 Å². The molecule has 1 saturated heterocycles. The number of carbonyl (C=O) groups is 1. The van der Waals surface area contributed by atoms with Crippen LogP contribution in [-0.4, -0.2) is 69.2 Å². The molecule has 1 aliphatic rings. The number of likely N-dealkylation sites (N-methyl/N-ethyl adjacent to an activating group) is 1. The van der Waals surface area contributed by atoms with Crippen LogP contribution < -0.4 is 0 Å². The van der Waals surface area contributed by atoms with Crippen LogP contribution in [0.3, 0.4) is 0 Å². The summed E-state index contributed by atoms with van der Waals surface area (Å²) >= 11 is 0. The van der Waals surface area contributed by atoms with E-state index in [2.05, 4.69) is 53.2 Å². The van der Waals surface area contributed by atoms with Crippen LogP contribution in [0.2, 0.25) is 0 Å². The van der Waals surface area contributed by atoms with Crippen LogP contribution in [0.4, 0.5) is 0 Å². The summed E-state index contributed by atoms with van der Waals surface area (Å²) in [5.74, 6) is 1.09. The lowest BCUT2D eigenvalue weighted by molar-refractivity contribution is -0.132. The highest BCUT2D eigenvalue weighted by Gasteiger charge is 2.25. The molecule has 0 spiro atoms. The number of pyridine rings is 1. The molecule has 1 aliphatic heterocycles. The van der Waals surface area contributed by atoms with E-state index in [-0.39, 0.29) is 5.91 Å². The lowest BCUT2D eigenvalue weighted by Crippen LogP contribution is -2.42. The summed E-state index contributed by atoms with van der Waals surface area (Å²) in [5.41, 5.74) is 7.00. The second-order valence-corrected chi connectivity index (χ2v) is 10.2. The van der Waals surface area contributed by atoms with E-state index < -0.39 is 0 Å². The first-order valence-electron chi connectivity index (χ1n) is 12.2. The summed E-state index contributed by atoms with van der Waals surface area (Å²) in [6.07, 6.45) is 5.85. The number of nitrogens with zero attached hydrogens (tertiary/aromatic N) is 5. The zero-order chi connectivity index (χ0) is 24.0.